The van der Waals surface area contributed by atoms with Crippen LogP contribution >= 0.6 is 11.3 Å². The van der Waals surface area contributed by atoms with Gasteiger partial charge in [0, 0.05) is 17.7 Å². The number of hydrogen-bond donors (Lipinski definition) is 0. The normalized spacial score (nSPS) is 10.7. The highest BCUT2D eigenvalue weighted by molar-refractivity contribution is 7.18. The minimum atomic E-state index is -0.0194. The van der Waals surface area contributed by atoms with E-state index < -0.39 is 0 Å². The molecule has 0 aliphatic heterocycles. The Morgan fingerprint density at radius 2 is 1.77 bits per heavy atom. The molecule has 0 aliphatic rings. The lowest BCUT2D eigenvalue weighted by Crippen LogP contribution is -2.31. The molecule has 2 aromatic carbocycles. The zero-order valence-electron chi connectivity index (χ0n) is 15.4. The first-order valence-corrected chi connectivity index (χ1v) is 9.69. The number of aryl methyl sites for hydroxylation is 2. The molecule has 0 saturated carbocycles. The zero-order chi connectivity index (χ0) is 18.5. The van der Waals surface area contributed by atoms with E-state index in [-0.39, 0.29) is 5.91 Å². The van der Waals surface area contributed by atoms with E-state index in [1.807, 2.05) is 43.3 Å². The maximum Gasteiger partial charge on any atom is 0.260 e. The van der Waals surface area contributed by atoms with Crippen LogP contribution in [0.2, 0.25) is 0 Å². The van der Waals surface area contributed by atoms with E-state index in [2.05, 4.69) is 36.2 Å². The number of rotatable bonds is 6. The maximum atomic E-state index is 13.1. The highest BCUT2D eigenvalue weighted by Gasteiger charge is 2.21. The smallest absolute Gasteiger partial charge is 0.260 e. The SMILES string of the molecule is CCCCN(C(=O)c1cccc(C)c1)c1nnc(-c2cccc(C)c2)s1. The van der Waals surface area contributed by atoms with Gasteiger partial charge in [-0.05, 0) is 38.5 Å². The molecule has 1 heterocycles. The summed E-state index contributed by atoms with van der Waals surface area (Å²) in [4.78, 5) is 14.8. The molecule has 0 bridgehead atoms. The van der Waals surface area contributed by atoms with E-state index in [1.165, 1.54) is 16.9 Å². The lowest BCUT2D eigenvalue weighted by atomic mass is 10.1. The number of nitrogens with zero attached hydrogens (tertiary/aromatic N) is 3. The van der Waals surface area contributed by atoms with E-state index in [9.17, 15) is 4.79 Å². The summed E-state index contributed by atoms with van der Waals surface area (Å²) in [5.41, 5.74) is 3.97. The van der Waals surface area contributed by atoms with E-state index in [0.29, 0.717) is 17.2 Å². The molecule has 0 saturated heterocycles. The Labute approximate surface area is 158 Å². The summed E-state index contributed by atoms with van der Waals surface area (Å²) in [5.74, 6) is -0.0194. The van der Waals surface area contributed by atoms with Crippen LogP contribution in [0, 0.1) is 13.8 Å². The van der Waals surface area contributed by atoms with Gasteiger partial charge in [0.05, 0.1) is 0 Å². The molecular formula is C21H23N3OS. The van der Waals surface area contributed by atoms with Crippen LogP contribution in [-0.2, 0) is 0 Å². The van der Waals surface area contributed by atoms with Gasteiger partial charge in [-0.3, -0.25) is 9.69 Å². The summed E-state index contributed by atoms with van der Waals surface area (Å²) in [7, 11) is 0. The second kappa shape index (κ2) is 8.23. The van der Waals surface area contributed by atoms with Crippen LogP contribution in [0.3, 0.4) is 0 Å². The molecule has 134 valence electrons. The summed E-state index contributed by atoms with van der Waals surface area (Å²) in [6, 6.07) is 15.9. The quantitative estimate of drug-likeness (QED) is 0.598. The van der Waals surface area contributed by atoms with Gasteiger partial charge in [0.15, 0.2) is 0 Å². The predicted molar refractivity (Wildman–Crippen MR) is 108 cm³/mol. The van der Waals surface area contributed by atoms with Gasteiger partial charge in [-0.15, -0.1) is 10.2 Å². The molecule has 0 atom stereocenters. The van der Waals surface area contributed by atoms with Crippen LogP contribution in [0.1, 0.15) is 41.3 Å². The minimum Gasteiger partial charge on any atom is -0.283 e. The molecule has 26 heavy (non-hydrogen) atoms. The predicted octanol–water partition coefficient (Wildman–Crippen LogP) is 5.27. The fourth-order valence-corrected chi connectivity index (χ4v) is 3.62. The third kappa shape index (κ3) is 4.17. The summed E-state index contributed by atoms with van der Waals surface area (Å²) in [6.07, 6.45) is 1.94. The third-order valence-corrected chi connectivity index (χ3v) is 5.15. The van der Waals surface area contributed by atoms with Crippen LogP contribution in [0.25, 0.3) is 10.6 Å². The average molecular weight is 366 g/mol. The maximum absolute atomic E-state index is 13.1. The van der Waals surface area contributed by atoms with Crippen LogP contribution in [-0.4, -0.2) is 22.6 Å². The first kappa shape index (κ1) is 18.3. The van der Waals surface area contributed by atoms with Gasteiger partial charge in [-0.2, -0.15) is 0 Å². The Bertz CT molecular complexity index is 904. The molecule has 3 rings (SSSR count). The summed E-state index contributed by atoms with van der Waals surface area (Å²) in [6.45, 7) is 6.81. The molecule has 0 radical (unpaired) electrons. The van der Waals surface area contributed by atoms with Crippen LogP contribution in [0.15, 0.2) is 48.5 Å². The molecular weight excluding hydrogens is 342 g/mol. The topological polar surface area (TPSA) is 46.1 Å². The highest BCUT2D eigenvalue weighted by atomic mass is 32.1. The Hall–Kier alpha value is -2.53. The van der Waals surface area contributed by atoms with Crippen molar-refractivity contribution in [2.45, 2.75) is 33.6 Å². The number of carbonyl (C=O) groups is 1. The van der Waals surface area contributed by atoms with Gasteiger partial charge in [0.25, 0.3) is 5.91 Å². The molecule has 0 aliphatic carbocycles. The third-order valence-electron chi connectivity index (χ3n) is 4.16. The lowest BCUT2D eigenvalue weighted by molar-refractivity contribution is 0.0986. The average Bonchev–Trinajstić information content (AvgIpc) is 3.12. The van der Waals surface area contributed by atoms with Crippen molar-refractivity contribution < 1.29 is 4.79 Å². The molecule has 4 nitrogen and oxygen atoms in total. The minimum absolute atomic E-state index is 0.0194. The monoisotopic (exact) mass is 365 g/mol. The molecule has 1 aromatic heterocycles. The number of aromatic nitrogens is 2. The van der Waals surface area contributed by atoms with Gasteiger partial charge in [-0.1, -0.05) is 66.1 Å². The van der Waals surface area contributed by atoms with Gasteiger partial charge >= 0.3 is 0 Å². The lowest BCUT2D eigenvalue weighted by Gasteiger charge is -2.19. The second-order valence-corrected chi connectivity index (χ2v) is 7.40. The van der Waals surface area contributed by atoms with Crippen molar-refractivity contribution in [1.29, 1.82) is 0 Å². The number of unbranched alkanes of at least 4 members (excludes halogenated alkanes) is 1. The van der Waals surface area contributed by atoms with Crippen LogP contribution in [0.5, 0.6) is 0 Å². The standard InChI is InChI=1S/C21H23N3OS/c1-4-5-12-24(20(25)18-11-7-9-16(3)14-18)21-23-22-19(26-21)17-10-6-8-15(2)13-17/h6-11,13-14H,4-5,12H2,1-3H3. The van der Waals surface area contributed by atoms with Crippen molar-refractivity contribution in [3.8, 4) is 10.6 Å². The molecule has 5 heteroatoms. The first-order chi connectivity index (χ1) is 12.6. The van der Waals surface area contributed by atoms with Crippen molar-refractivity contribution in [2.75, 3.05) is 11.4 Å². The second-order valence-electron chi connectivity index (χ2n) is 6.44. The summed E-state index contributed by atoms with van der Waals surface area (Å²) in [5, 5.41) is 10.1. The van der Waals surface area contributed by atoms with E-state index in [4.69, 9.17) is 0 Å². The Morgan fingerprint density at radius 1 is 1.04 bits per heavy atom. The zero-order valence-corrected chi connectivity index (χ0v) is 16.2. The molecule has 3 aromatic rings. The number of benzene rings is 2. The van der Waals surface area contributed by atoms with Gasteiger partial charge in [0.2, 0.25) is 5.13 Å². The largest absolute Gasteiger partial charge is 0.283 e. The Balaban J connectivity index is 1.92. The Morgan fingerprint density at radius 3 is 2.46 bits per heavy atom. The van der Waals surface area contributed by atoms with Gasteiger partial charge < -0.3 is 0 Å². The summed E-state index contributed by atoms with van der Waals surface area (Å²) >= 11 is 1.46. The highest BCUT2D eigenvalue weighted by Crippen LogP contribution is 2.30. The van der Waals surface area contributed by atoms with Gasteiger partial charge in [-0.25, -0.2) is 0 Å². The number of anilines is 1. The molecule has 0 fully saturated rings. The van der Waals surface area contributed by atoms with E-state index in [1.54, 1.807) is 4.90 Å². The van der Waals surface area contributed by atoms with Crippen LogP contribution < -0.4 is 4.90 Å². The van der Waals surface area contributed by atoms with E-state index in [0.717, 1.165) is 29.0 Å². The molecule has 0 N–H and O–H groups in total. The molecule has 1 amide bonds. The number of hydrogen-bond acceptors (Lipinski definition) is 4. The van der Waals surface area contributed by atoms with Crippen molar-refractivity contribution in [3.05, 3.63) is 65.2 Å². The first-order valence-electron chi connectivity index (χ1n) is 8.87. The number of amides is 1. The number of carbonyl (C=O) groups excluding carboxylic acids is 1. The fraction of sp³-hybridized carbons (Fsp3) is 0.286. The fourth-order valence-electron chi connectivity index (χ4n) is 2.75. The molecule has 0 spiro atoms. The molecule has 0 unspecified atom stereocenters. The van der Waals surface area contributed by atoms with Crippen molar-refractivity contribution >= 4 is 22.4 Å². The van der Waals surface area contributed by atoms with Gasteiger partial charge in [0.1, 0.15) is 5.01 Å². The van der Waals surface area contributed by atoms with Crippen molar-refractivity contribution in [2.24, 2.45) is 0 Å². The summed E-state index contributed by atoms with van der Waals surface area (Å²) < 4.78 is 0. The van der Waals surface area contributed by atoms with Crippen molar-refractivity contribution in [3.63, 3.8) is 0 Å². The van der Waals surface area contributed by atoms with E-state index >= 15 is 0 Å². The van der Waals surface area contributed by atoms with Crippen LogP contribution in [0.4, 0.5) is 5.13 Å². The van der Waals surface area contributed by atoms with Crippen molar-refractivity contribution in [1.82, 2.24) is 10.2 Å². The Kier molecular flexibility index (Phi) is 5.78.